The zero-order valence-corrected chi connectivity index (χ0v) is 15.0. The van der Waals surface area contributed by atoms with Crippen LogP contribution in [0.1, 0.15) is 31.7 Å². The van der Waals surface area contributed by atoms with E-state index in [4.69, 9.17) is 9.47 Å². The van der Waals surface area contributed by atoms with E-state index in [2.05, 4.69) is 32.6 Å². The van der Waals surface area contributed by atoms with Crippen LogP contribution in [-0.4, -0.2) is 40.0 Å². The van der Waals surface area contributed by atoms with Crippen LogP contribution in [0.2, 0.25) is 0 Å². The molecular formula is C16H20N6O5. The number of aromatic nitrogens is 3. The third-order valence-electron chi connectivity index (χ3n) is 3.43. The van der Waals surface area contributed by atoms with Crippen LogP contribution in [-0.2, 0) is 0 Å². The fraction of sp³-hybridized carbons (Fsp3) is 0.375. The van der Waals surface area contributed by atoms with Gasteiger partial charge in [0, 0.05) is 11.6 Å². The number of methoxy groups -OCH3 is 1. The van der Waals surface area contributed by atoms with Gasteiger partial charge in [0.1, 0.15) is 6.20 Å². The van der Waals surface area contributed by atoms with Crippen molar-refractivity contribution < 1.29 is 14.4 Å². The second kappa shape index (κ2) is 9.85. The second-order valence-corrected chi connectivity index (χ2v) is 5.44. The lowest BCUT2D eigenvalue weighted by Gasteiger charge is -2.11. The van der Waals surface area contributed by atoms with Crippen LogP contribution in [0.25, 0.3) is 0 Å². The van der Waals surface area contributed by atoms with Crippen molar-refractivity contribution in [1.82, 2.24) is 15.2 Å². The number of hydrogen-bond acceptors (Lipinski definition) is 9. The summed E-state index contributed by atoms with van der Waals surface area (Å²) in [5.41, 5.74) is 2.22. The van der Waals surface area contributed by atoms with Gasteiger partial charge in [0.15, 0.2) is 5.75 Å². The number of nitro groups is 1. The number of aromatic amines is 1. The van der Waals surface area contributed by atoms with Gasteiger partial charge in [-0.15, -0.1) is 10.2 Å². The summed E-state index contributed by atoms with van der Waals surface area (Å²) >= 11 is 0. The summed E-state index contributed by atoms with van der Waals surface area (Å²) in [4.78, 5) is 24.4. The minimum atomic E-state index is -0.539. The Kier molecular flexibility index (Phi) is 7.23. The maximum absolute atomic E-state index is 11.4. The molecular weight excluding hydrogens is 356 g/mol. The molecule has 2 N–H and O–H groups in total. The highest BCUT2D eigenvalue weighted by Crippen LogP contribution is 2.38. The minimum Gasteiger partial charge on any atom is -0.493 e. The molecule has 1 aromatic carbocycles. The molecule has 27 heavy (non-hydrogen) atoms. The van der Waals surface area contributed by atoms with Gasteiger partial charge in [0.05, 0.1) is 24.9 Å². The van der Waals surface area contributed by atoms with Crippen molar-refractivity contribution in [3.63, 3.8) is 0 Å². The number of rotatable bonds is 10. The number of nitro benzene ring substituents is 1. The highest BCUT2D eigenvalue weighted by atomic mass is 16.6. The quantitative estimate of drug-likeness (QED) is 0.277. The van der Waals surface area contributed by atoms with Crippen LogP contribution < -0.4 is 20.5 Å². The zero-order valence-electron chi connectivity index (χ0n) is 15.0. The molecule has 0 aliphatic carbocycles. The maximum Gasteiger partial charge on any atom is 0.315 e. The normalized spacial score (nSPS) is 10.7. The van der Waals surface area contributed by atoms with E-state index in [1.165, 1.54) is 19.4 Å². The van der Waals surface area contributed by atoms with Crippen molar-refractivity contribution in [2.24, 2.45) is 5.10 Å². The number of hydrogen-bond donors (Lipinski definition) is 2. The van der Waals surface area contributed by atoms with E-state index in [1.54, 1.807) is 6.07 Å². The molecule has 0 unspecified atom stereocenters. The van der Waals surface area contributed by atoms with Gasteiger partial charge in [-0.2, -0.15) is 5.10 Å². The van der Waals surface area contributed by atoms with Crippen molar-refractivity contribution in [2.75, 3.05) is 19.1 Å². The highest BCUT2D eigenvalue weighted by Gasteiger charge is 2.22. The van der Waals surface area contributed by atoms with Crippen LogP contribution in [0, 0.1) is 10.1 Å². The number of anilines is 1. The molecule has 0 spiro atoms. The highest BCUT2D eigenvalue weighted by molar-refractivity contribution is 5.83. The van der Waals surface area contributed by atoms with E-state index in [1.807, 2.05) is 0 Å². The van der Waals surface area contributed by atoms with Crippen molar-refractivity contribution >= 4 is 17.9 Å². The first-order chi connectivity index (χ1) is 13.0. The topological polar surface area (TPSA) is 145 Å². The van der Waals surface area contributed by atoms with Gasteiger partial charge in [-0.05, 0) is 12.5 Å². The van der Waals surface area contributed by atoms with Gasteiger partial charge in [0.2, 0.25) is 11.7 Å². The van der Waals surface area contributed by atoms with Crippen molar-refractivity contribution in [2.45, 2.75) is 26.2 Å². The van der Waals surface area contributed by atoms with E-state index in [-0.39, 0.29) is 23.1 Å². The standard InChI is InChI=1S/C16H20N6O5/c1-3-4-5-6-27-15-12(22(24)25)7-11(8-13(15)26-2)9-17-20-16-19-14(23)10-18-21-16/h7-10H,3-6H2,1-2H3,(H2,19,20,21,23)/b17-9+. The van der Waals surface area contributed by atoms with Crippen LogP contribution >= 0.6 is 0 Å². The molecule has 1 aromatic heterocycles. The monoisotopic (exact) mass is 376 g/mol. The summed E-state index contributed by atoms with van der Waals surface area (Å²) < 4.78 is 10.8. The lowest BCUT2D eigenvalue weighted by Crippen LogP contribution is -2.10. The zero-order chi connectivity index (χ0) is 19.6. The van der Waals surface area contributed by atoms with Crippen LogP contribution in [0.4, 0.5) is 11.6 Å². The molecule has 0 aliphatic rings. The van der Waals surface area contributed by atoms with Crippen molar-refractivity contribution in [3.05, 3.63) is 44.4 Å². The SMILES string of the molecule is CCCCCOc1c(OC)cc(/C=N/Nc2nncc(=O)[nH]2)cc1[N+](=O)[O-]. The molecule has 0 saturated heterocycles. The first-order valence-corrected chi connectivity index (χ1v) is 8.25. The Hall–Kier alpha value is -3.50. The molecule has 11 heteroatoms. The Morgan fingerprint density at radius 1 is 1.41 bits per heavy atom. The van der Waals surface area contributed by atoms with Gasteiger partial charge in [-0.1, -0.05) is 19.8 Å². The van der Waals surface area contributed by atoms with E-state index >= 15 is 0 Å². The summed E-state index contributed by atoms with van der Waals surface area (Å²) in [6, 6.07) is 2.88. The molecule has 0 saturated carbocycles. The van der Waals surface area contributed by atoms with Crippen LogP contribution in [0.3, 0.4) is 0 Å². The summed E-state index contributed by atoms with van der Waals surface area (Å²) in [7, 11) is 1.40. The Balaban J connectivity index is 2.21. The largest absolute Gasteiger partial charge is 0.493 e. The summed E-state index contributed by atoms with van der Waals surface area (Å²) in [5, 5.41) is 22.4. The molecule has 2 rings (SSSR count). The smallest absolute Gasteiger partial charge is 0.315 e. The lowest BCUT2D eigenvalue weighted by atomic mass is 10.2. The van der Waals surface area contributed by atoms with Crippen LogP contribution in [0.5, 0.6) is 11.5 Å². The third kappa shape index (κ3) is 5.76. The molecule has 0 amide bonds. The van der Waals surface area contributed by atoms with Gasteiger partial charge in [-0.3, -0.25) is 19.9 Å². The molecule has 1 heterocycles. The van der Waals surface area contributed by atoms with Crippen LogP contribution in [0.15, 0.2) is 28.2 Å². The molecule has 0 radical (unpaired) electrons. The molecule has 0 bridgehead atoms. The molecule has 2 aromatic rings. The number of nitrogens with one attached hydrogen (secondary N) is 2. The number of hydrazone groups is 1. The summed E-state index contributed by atoms with van der Waals surface area (Å²) in [5.74, 6) is 0.355. The van der Waals surface area contributed by atoms with Gasteiger partial charge in [-0.25, -0.2) is 5.43 Å². The third-order valence-corrected chi connectivity index (χ3v) is 3.43. The average molecular weight is 376 g/mol. The van der Waals surface area contributed by atoms with Gasteiger partial charge in [0.25, 0.3) is 5.56 Å². The van der Waals surface area contributed by atoms with Crippen molar-refractivity contribution in [1.29, 1.82) is 0 Å². The fourth-order valence-electron chi connectivity index (χ4n) is 2.17. The van der Waals surface area contributed by atoms with E-state index in [0.29, 0.717) is 12.2 Å². The van der Waals surface area contributed by atoms with Gasteiger partial charge >= 0.3 is 5.69 Å². The summed E-state index contributed by atoms with van der Waals surface area (Å²) in [6.07, 6.45) is 5.12. The Labute approximate surface area is 154 Å². The first-order valence-electron chi connectivity index (χ1n) is 8.25. The molecule has 0 atom stereocenters. The number of unbranched alkanes of at least 4 members (excludes halogenated alkanes) is 2. The van der Waals surface area contributed by atoms with Crippen molar-refractivity contribution in [3.8, 4) is 11.5 Å². The lowest BCUT2D eigenvalue weighted by molar-refractivity contribution is -0.386. The predicted octanol–water partition coefficient (Wildman–Crippen LogP) is 2.10. The van der Waals surface area contributed by atoms with Gasteiger partial charge < -0.3 is 9.47 Å². The number of benzene rings is 1. The number of H-pyrrole nitrogens is 1. The Morgan fingerprint density at radius 3 is 2.89 bits per heavy atom. The Morgan fingerprint density at radius 2 is 2.22 bits per heavy atom. The molecule has 0 fully saturated rings. The second-order valence-electron chi connectivity index (χ2n) is 5.44. The predicted molar refractivity (Wildman–Crippen MR) is 98.5 cm³/mol. The average Bonchev–Trinajstić information content (AvgIpc) is 2.65. The van der Waals surface area contributed by atoms with E-state index in [0.717, 1.165) is 25.5 Å². The first kappa shape index (κ1) is 19.8. The van der Waals surface area contributed by atoms with E-state index < -0.39 is 10.5 Å². The van der Waals surface area contributed by atoms with E-state index in [9.17, 15) is 14.9 Å². The number of ether oxygens (including phenoxy) is 2. The molecule has 0 aliphatic heterocycles. The Bertz CT molecular complexity index is 867. The maximum atomic E-state index is 11.4. The summed E-state index contributed by atoms with van der Waals surface area (Å²) in [6.45, 7) is 2.42. The minimum absolute atomic E-state index is 0.0380. The molecule has 11 nitrogen and oxygen atoms in total. The number of nitrogens with zero attached hydrogens (tertiary/aromatic N) is 4. The fourth-order valence-corrected chi connectivity index (χ4v) is 2.17. The molecule has 144 valence electrons.